The van der Waals surface area contributed by atoms with Crippen molar-refractivity contribution in [2.75, 3.05) is 88.6 Å². The highest BCUT2D eigenvalue weighted by atomic mass is 35.5. The van der Waals surface area contributed by atoms with Crippen LogP contribution in [0.25, 0.3) is 0 Å². The van der Waals surface area contributed by atoms with Crippen LogP contribution < -0.4 is 16.0 Å². The standard InChI is InChI=1S/C74H114ClF3N12O12/c1-12-48(4)63-70(100)84(7)45-61(93)82(5)46-62(94)86(9)57(42-49-25-16-13-17-26-49)68(98)83(6)44-59(91)79-54(34-32-50-31-33-52(53(75)41-50)74(76,77)78)67(97)90-40-24-29-56(90)66(96)81-73(36-20-21-37-73)72(102)88(11)64(51-27-18-14-19-28-51)71(101)87(10)58(69(99)89-38-22-15-23-39-89)43-60(92)85(8)55(65(95)80-63)35-30-47(2)3/h31,33,41,47-49,51,54-58,63-64H,12-30,32,34-40,42-46H2,1-11H3,(H,79,91)(H,80,95)(H,81,96)/t48-,54-,55-,56-,57-,58+,63-,64-/m0/s1. The predicted octanol–water partition coefficient (Wildman–Crippen LogP) is 6.81. The molecule has 570 valence electrons. The number of nitrogens with one attached hydrogen (secondary N) is 3. The van der Waals surface area contributed by atoms with E-state index < -0.39 is 173 Å². The van der Waals surface area contributed by atoms with Gasteiger partial charge in [-0.1, -0.05) is 116 Å². The van der Waals surface area contributed by atoms with Crippen molar-refractivity contribution in [1.29, 1.82) is 0 Å². The first kappa shape index (κ1) is 82.2. The number of likely N-dealkylation sites (N-methyl/N-ethyl adjacent to an activating group) is 7. The maximum Gasteiger partial charge on any atom is 0.417 e. The first-order valence-electron chi connectivity index (χ1n) is 37.4. The van der Waals surface area contributed by atoms with Crippen molar-refractivity contribution in [3.63, 3.8) is 0 Å². The fourth-order valence-corrected chi connectivity index (χ4v) is 16.3. The lowest BCUT2D eigenvalue weighted by Gasteiger charge is -2.43. The van der Waals surface area contributed by atoms with Crippen LogP contribution >= 0.6 is 11.6 Å². The Hall–Kier alpha value is -7.06. The summed E-state index contributed by atoms with van der Waals surface area (Å²) in [4.78, 5) is 192. The van der Waals surface area contributed by atoms with Crippen LogP contribution in [0.2, 0.25) is 5.02 Å². The average Bonchev–Trinajstić information content (AvgIpc) is 1.45. The molecular formula is C74H114ClF3N12O12. The Morgan fingerprint density at radius 2 is 1.21 bits per heavy atom. The maximum absolute atomic E-state index is 15.9. The Balaban J connectivity index is 1.29. The molecule has 24 nitrogen and oxygen atoms in total. The molecule has 1 aromatic carbocycles. The van der Waals surface area contributed by atoms with Gasteiger partial charge < -0.3 is 60.0 Å². The number of aryl methyl sites for hydroxylation is 1. The molecule has 0 aromatic heterocycles. The molecular weight excluding hydrogens is 1340 g/mol. The minimum Gasteiger partial charge on any atom is -0.343 e. The fraction of sp³-hybridized carbons (Fsp3) is 0.757. The minimum absolute atomic E-state index is 0.0197. The van der Waals surface area contributed by atoms with Gasteiger partial charge in [0.1, 0.15) is 47.8 Å². The highest BCUT2D eigenvalue weighted by Gasteiger charge is 2.51. The number of piperidine rings is 1. The van der Waals surface area contributed by atoms with Crippen LogP contribution in [0.1, 0.15) is 199 Å². The van der Waals surface area contributed by atoms with E-state index in [-0.39, 0.29) is 63.3 Å². The average molecular weight is 1460 g/mol. The number of amides is 12. The van der Waals surface area contributed by atoms with Gasteiger partial charge in [-0.2, -0.15) is 13.2 Å². The second-order valence-corrected chi connectivity index (χ2v) is 30.9. The lowest BCUT2D eigenvalue weighted by atomic mass is 9.81. The molecule has 3 saturated carbocycles. The maximum atomic E-state index is 15.9. The number of hydrogen-bond donors (Lipinski definition) is 3. The van der Waals surface area contributed by atoms with Crippen LogP contribution in [-0.4, -0.2) is 251 Å². The van der Waals surface area contributed by atoms with Crippen molar-refractivity contribution in [3.05, 3.63) is 34.3 Å². The third-order valence-electron chi connectivity index (χ3n) is 22.7. The quantitative estimate of drug-likeness (QED) is 0.195. The molecule has 3 aliphatic carbocycles. The summed E-state index contributed by atoms with van der Waals surface area (Å²) in [6.45, 7) is 6.67. The van der Waals surface area contributed by atoms with Gasteiger partial charge in [-0.3, -0.25) is 57.5 Å². The molecule has 3 saturated heterocycles. The number of hydrogen-bond acceptors (Lipinski definition) is 12. The molecule has 102 heavy (non-hydrogen) atoms. The summed E-state index contributed by atoms with van der Waals surface area (Å²) in [7, 11) is 10.1. The molecule has 28 heteroatoms. The highest BCUT2D eigenvalue weighted by Crippen LogP contribution is 2.39. The van der Waals surface area contributed by atoms with Gasteiger partial charge in [0.05, 0.1) is 36.6 Å². The second-order valence-electron chi connectivity index (χ2n) is 30.5. The molecule has 8 atom stereocenters. The van der Waals surface area contributed by atoms with Crippen LogP contribution in [0, 0.1) is 23.7 Å². The van der Waals surface area contributed by atoms with Gasteiger partial charge in [0.25, 0.3) is 0 Å². The number of carbonyl (C=O) groups is 12. The number of rotatable bonds is 12. The molecule has 3 N–H and O–H groups in total. The van der Waals surface area contributed by atoms with Gasteiger partial charge in [-0.25, -0.2) is 0 Å². The molecule has 1 aromatic rings. The van der Waals surface area contributed by atoms with Crippen molar-refractivity contribution >= 4 is 82.5 Å². The minimum atomic E-state index is -4.76. The SMILES string of the molecule is CC[C@H](C)[C@@H]1NC(=O)[C@H](CCC(C)C)N(C)C(=O)C[C@H](C(=O)N2CCCCC2)N(C)C(=O)[C@H](C2CCCCC2)N(C)C(=O)C2(CCCC2)NC(=O)[C@@H]2CCCN2C(=O)[C@H](CCc2ccc(C(F)(F)F)c(Cl)c2)NC(=O)CN(C)C(=O)[C@H](CC2CCCCC2)N(C)C(=O)CN(C)C(=O)CN(C)C1=O. The molecule has 6 aliphatic rings. The molecule has 0 radical (unpaired) electrons. The van der Waals surface area contributed by atoms with Crippen molar-refractivity contribution in [3.8, 4) is 0 Å². The molecule has 12 amide bonds. The van der Waals surface area contributed by atoms with Gasteiger partial charge in [0.2, 0.25) is 70.9 Å². The van der Waals surface area contributed by atoms with Gasteiger partial charge in [0, 0.05) is 69.0 Å². The summed E-state index contributed by atoms with van der Waals surface area (Å²) >= 11 is 6.17. The van der Waals surface area contributed by atoms with Crippen molar-refractivity contribution < 1.29 is 70.7 Å². The van der Waals surface area contributed by atoms with Gasteiger partial charge in [-0.15, -0.1) is 0 Å². The molecule has 0 unspecified atom stereocenters. The first-order valence-corrected chi connectivity index (χ1v) is 37.7. The van der Waals surface area contributed by atoms with Crippen molar-refractivity contribution in [2.24, 2.45) is 23.7 Å². The molecule has 3 aliphatic heterocycles. The van der Waals surface area contributed by atoms with E-state index >= 15 is 28.8 Å². The zero-order chi connectivity index (χ0) is 75.1. The number of nitrogens with zero attached hydrogens (tertiary/aromatic N) is 9. The largest absolute Gasteiger partial charge is 0.417 e. The lowest BCUT2D eigenvalue weighted by molar-refractivity contribution is -0.157. The van der Waals surface area contributed by atoms with Gasteiger partial charge in [0.15, 0.2) is 0 Å². The highest BCUT2D eigenvalue weighted by molar-refractivity contribution is 6.31. The molecule has 7 rings (SSSR count). The third kappa shape index (κ3) is 20.9. The summed E-state index contributed by atoms with van der Waals surface area (Å²) in [5.74, 6) is -8.40. The van der Waals surface area contributed by atoms with E-state index in [1.807, 2.05) is 20.8 Å². The summed E-state index contributed by atoms with van der Waals surface area (Å²) in [6, 6.07) is -5.50. The normalized spacial score (nSPS) is 26.6. The molecule has 3 heterocycles. The zero-order valence-electron chi connectivity index (χ0n) is 62.1. The number of halogens is 4. The second kappa shape index (κ2) is 37.1. The van der Waals surface area contributed by atoms with Gasteiger partial charge in [-0.05, 0) is 131 Å². The lowest BCUT2D eigenvalue weighted by Crippen LogP contribution is -2.65. The molecule has 1 spiro atoms. The number of benzene rings is 1. The third-order valence-corrected chi connectivity index (χ3v) is 23.0. The van der Waals surface area contributed by atoms with Crippen molar-refractivity contribution in [2.45, 2.75) is 249 Å². The Morgan fingerprint density at radius 1 is 0.608 bits per heavy atom. The van der Waals surface area contributed by atoms with Gasteiger partial charge >= 0.3 is 6.18 Å². The number of alkyl halides is 3. The molecule has 0 bridgehead atoms. The zero-order valence-corrected chi connectivity index (χ0v) is 62.9. The molecule has 6 fully saturated rings. The Bertz CT molecular complexity index is 3150. The van der Waals surface area contributed by atoms with Crippen LogP contribution in [0.4, 0.5) is 13.2 Å². The summed E-state index contributed by atoms with van der Waals surface area (Å²) in [5, 5.41) is 8.22. The van der Waals surface area contributed by atoms with E-state index in [1.165, 1.54) is 79.9 Å². The van der Waals surface area contributed by atoms with E-state index in [9.17, 15) is 41.9 Å². The van der Waals surface area contributed by atoms with E-state index in [4.69, 9.17) is 11.6 Å². The summed E-state index contributed by atoms with van der Waals surface area (Å²) in [6.07, 6.45) is 7.64. The van der Waals surface area contributed by atoms with Crippen LogP contribution in [0.3, 0.4) is 0 Å². The number of likely N-dealkylation sites (tertiary alicyclic amines) is 1. The summed E-state index contributed by atoms with van der Waals surface area (Å²) in [5.41, 5.74) is -2.33. The van der Waals surface area contributed by atoms with E-state index in [1.54, 1.807) is 11.8 Å². The first-order chi connectivity index (χ1) is 48.2. The van der Waals surface area contributed by atoms with Crippen LogP contribution in [0.5, 0.6) is 0 Å². The summed E-state index contributed by atoms with van der Waals surface area (Å²) < 4.78 is 41.7. The van der Waals surface area contributed by atoms with Crippen LogP contribution in [0.15, 0.2) is 18.2 Å². The van der Waals surface area contributed by atoms with E-state index in [0.29, 0.717) is 76.4 Å². The number of fused-ring (bicyclic) bond motifs is 1. The monoisotopic (exact) mass is 1450 g/mol. The fourth-order valence-electron chi connectivity index (χ4n) is 16.0. The Labute approximate surface area is 605 Å². The predicted molar refractivity (Wildman–Crippen MR) is 378 cm³/mol. The number of carbonyl (C=O) groups excluding carboxylic acids is 12. The van der Waals surface area contributed by atoms with E-state index in [2.05, 4.69) is 16.0 Å². The van der Waals surface area contributed by atoms with E-state index in [0.717, 1.165) is 84.6 Å². The Morgan fingerprint density at radius 3 is 1.81 bits per heavy atom. The Kier molecular flexibility index (Phi) is 29.9. The smallest absolute Gasteiger partial charge is 0.343 e. The topological polar surface area (TPSA) is 270 Å². The van der Waals surface area contributed by atoms with Crippen LogP contribution in [-0.2, 0) is 70.1 Å². The van der Waals surface area contributed by atoms with Crippen molar-refractivity contribution in [1.82, 2.24) is 60.0 Å².